The zero-order valence-corrected chi connectivity index (χ0v) is 20.1. The van der Waals surface area contributed by atoms with Crippen molar-refractivity contribution in [3.63, 3.8) is 0 Å². The SMILES string of the molecule is CCC(OC=O)c1ccc(N(CC(C)C)C2CCCCC2)c(NC(=O)Cc2cccnc2)c1. The third-order valence-corrected chi connectivity index (χ3v) is 6.23. The standard InChI is InChI=1S/C27H37N3O3/c1-4-26(33-19-31)22-12-13-25(30(18-20(2)3)23-10-6-5-7-11-23)24(16-22)29-27(32)15-21-9-8-14-28-17-21/h8-9,12-14,16-17,19-20,23,26H,4-7,10-11,15,18H2,1-3H3,(H,29,32). The normalized spacial score (nSPS) is 15.2. The molecule has 1 aliphatic carbocycles. The molecular formula is C27H37N3O3. The van der Waals surface area contributed by atoms with E-state index >= 15 is 0 Å². The van der Waals surface area contributed by atoms with Gasteiger partial charge in [0.2, 0.25) is 5.91 Å². The number of rotatable bonds is 11. The molecule has 0 saturated heterocycles. The molecule has 1 atom stereocenters. The number of benzene rings is 1. The minimum atomic E-state index is -0.334. The molecule has 0 spiro atoms. The van der Waals surface area contributed by atoms with Crippen molar-refractivity contribution in [2.45, 2.75) is 77.9 Å². The van der Waals surface area contributed by atoms with Crippen molar-refractivity contribution in [3.8, 4) is 0 Å². The van der Waals surface area contributed by atoms with Crippen LogP contribution in [0.5, 0.6) is 0 Å². The molecule has 33 heavy (non-hydrogen) atoms. The Kier molecular flexibility index (Phi) is 9.28. The number of nitrogens with zero attached hydrogens (tertiary/aromatic N) is 2. The summed E-state index contributed by atoms with van der Waals surface area (Å²) in [6.45, 7) is 7.87. The smallest absolute Gasteiger partial charge is 0.293 e. The fourth-order valence-electron chi connectivity index (χ4n) is 4.69. The summed E-state index contributed by atoms with van der Waals surface area (Å²) in [6.07, 6.45) is 10.1. The first-order valence-electron chi connectivity index (χ1n) is 12.2. The van der Waals surface area contributed by atoms with Gasteiger partial charge in [0, 0.05) is 25.0 Å². The predicted molar refractivity (Wildman–Crippen MR) is 132 cm³/mol. The Labute approximate surface area is 197 Å². The van der Waals surface area contributed by atoms with Gasteiger partial charge in [-0.15, -0.1) is 0 Å². The molecule has 0 bridgehead atoms. The highest BCUT2D eigenvalue weighted by Crippen LogP contribution is 2.36. The van der Waals surface area contributed by atoms with Crippen LogP contribution in [0.2, 0.25) is 0 Å². The number of ether oxygens (including phenoxy) is 1. The molecule has 6 nitrogen and oxygen atoms in total. The first-order valence-corrected chi connectivity index (χ1v) is 12.2. The Balaban J connectivity index is 1.95. The Morgan fingerprint density at radius 3 is 2.67 bits per heavy atom. The number of amides is 1. The van der Waals surface area contributed by atoms with E-state index in [9.17, 15) is 9.59 Å². The van der Waals surface area contributed by atoms with Gasteiger partial charge < -0.3 is 15.0 Å². The van der Waals surface area contributed by atoms with Crippen molar-refractivity contribution >= 4 is 23.8 Å². The molecule has 1 saturated carbocycles. The van der Waals surface area contributed by atoms with Crippen LogP contribution in [0.3, 0.4) is 0 Å². The highest BCUT2D eigenvalue weighted by molar-refractivity contribution is 5.95. The van der Waals surface area contributed by atoms with Gasteiger partial charge in [-0.25, -0.2) is 0 Å². The van der Waals surface area contributed by atoms with Gasteiger partial charge in [-0.3, -0.25) is 14.6 Å². The largest absolute Gasteiger partial charge is 0.460 e. The van der Waals surface area contributed by atoms with Gasteiger partial charge in [0.05, 0.1) is 17.8 Å². The highest BCUT2D eigenvalue weighted by atomic mass is 16.5. The lowest BCUT2D eigenvalue weighted by Crippen LogP contribution is -2.40. The van der Waals surface area contributed by atoms with Crippen LogP contribution >= 0.6 is 0 Å². The van der Waals surface area contributed by atoms with Gasteiger partial charge in [-0.1, -0.05) is 52.2 Å². The Bertz CT molecular complexity index is 895. The molecule has 178 valence electrons. The van der Waals surface area contributed by atoms with Crippen LogP contribution in [0.4, 0.5) is 11.4 Å². The summed E-state index contributed by atoms with van der Waals surface area (Å²) < 4.78 is 5.30. The van der Waals surface area contributed by atoms with Crippen LogP contribution in [0.15, 0.2) is 42.7 Å². The third-order valence-electron chi connectivity index (χ3n) is 6.23. The van der Waals surface area contributed by atoms with Crippen molar-refractivity contribution in [3.05, 3.63) is 53.9 Å². The van der Waals surface area contributed by atoms with E-state index in [0.29, 0.717) is 24.9 Å². The molecule has 1 fully saturated rings. The maximum atomic E-state index is 13.0. The Morgan fingerprint density at radius 1 is 1.24 bits per heavy atom. The quantitative estimate of drug-likeness (QED) is 0.445. The second-order valence-corrected chi connectivity index (χ2v) is 9.33. The summed E-state index contributed by atoms with van der Waals surface area (Å²) in [5.41, 5.74) is 3.58. The molecule has 1 aromatic heterocycles. The third kappa shape index (κ3) is 7.04. The number of hydrogen-bond donors (Lipinski definition) is 1. The maximum absolute atomic E-state index is 13.0. The highest BCUT2D eigenvalue weighted by Gasteiger charge is 2.25. The number of carbonyl (C=O) groups is 2. The van der Waals surface area contributed by atoms with Crippen LogP contribution in [-0.2, 0) is 20.7 Å². The average Bonchev–Trinajstić information content (AvgIpc) is 2.82. The van der Waals surface area contributed by atoms with Crippen molar-refractivity contribution in [2.24, 2.45) is 5.92 Å². The van der Waals surface area contributed by atoms with Crippen LogP contribution in [0.1, 0.15) is 76.5 Å². The summed E-state index contributed by atoms with van der Waals surface area (Å²) in [7, 11) is 0. The summed E-state index contributed by atoms with van der Waals surface area (Å²) in [5.74, 6) is 0.409. The Hall–Kier alpha value is -2.89. The van der Waals surface area contributed by atoms with E-state index in [1.54, 1.807) is 12.4 Å². The average molecular weight is 452 g/mol. The minimum Gasteiger partial charge on any atom is -0.460 e. The van der Waals surface area contributed by atoms with Crippen LogP contribution in [0, 0.1) is 5.92 Å². The van der Waals surface area contributed by atoms with Gasteiger partial charge >= 0.3 is 0 Å². The Morgan fingerprint density at radius 2 is 2.03 bits per heavy atom. The van der Waals surface area contributed by atoms with Crippen molar-refractivity contribution in [1.82, 2.24) is 4.98 Å². The summed E-state index contributed by atoms with van der Waals surface area (Å²) in [5, 5.41) is 3.16. The van der Waals surface area contributed by atoms with E-state index in [4.69, 9.17) is 4.74 Å². The van der Waals surface area contributed by atoms with Crippen molar-refractivity contribution in [1.29, 1.82) is 0 Å². The van der Waals surface area contributed by atoms with E-state index in [-0.39, 0.29) is 18.4 Å². The van der Waals surface area contributed by atoms with Crippen molar-refractivity contribution in [2.75, 3.05) is 16.8 Å². The fraction of sp³-hybridized carbons (Fsp3) is 0.519. The lowest BCUT2D eigenvalue weighted by atomic mass is 9.92. The molecule has 0 aliphatic heterocycles. The number of nitrogens with one attached hydrogen (secondary N) is 1. The maximum Gasteiger partial charge on any atom is 0.293 e. The van der Waals surface area contributed by atoms with E-state index in [0.717, 1.165) is 29.0 Å². The molecule has 2 aromatic rings. The molecule has 1 amide bonds. The lowest BCUT2D eigenvalue weighted by Gasteiger charge is -2.38. The van der Waals surface area contributed by atoms with Crippen LogP contribution in [0.25, 0.3) is 0 Å². The van der Waals surface area contributed by atoms with E-state index < -0.39 is 0 Å². The molecule has 1 aliphatic rings. The molecular weight excluding hydrogens is 414 g/mol. The first-order chi connectivity index (χ1) is 16.0. The topological polar surface area (TPSA) is 71.5 Å². The molecule has 1 heterocycles. The van der Waals surface area contributed by atoms with Crippen LogP contribution in [-0.4, -0.2) is 29.9 Å². The fourth-order valence-corrected chi connectivity index (χ4v) is 4.69. The summed E-state index contributed by atoms with van der Waals surface area (Å²) in [4.78, 5) is 30.6. The van der Waals surface area contributed by atoms with Crippen molar-refractivity contribution < 1.29 is 14.3 Å². The number of pyridine rings is 1. The molecule has 0 radical (unpaired) electrons. The molecule has 6 heteroatoms. The minimum absolute atomic E-state index is 0.0844. The van der Waals surface area contributed by atoms with Crippen LogP contribution < -0.4 is 10.2 Å². The number of hydrogen-bond acceptors (Lipinski definition) is 5. The molecule has 1 N–H and O–H groups in total. The van der Waals surface area contributed by atoms with E-state index in [2.05, 4.69) is 35.1 Å². The van der Waals surface area contributed by atoms with Gasteiger partial charge in [0.1, 0.15) is 6.10 Å². The zero-order chi connectivity index (χ0) is 23.6. The number of carbonyl (C=O) groups excluding carboxylic acids is 2. The van der Waals surface area contributed by atoms with Gasteiger partial charge in [0.15, 0.2) is 0 Å². The second kappa shape index (κ2) is 12.4. The molecule has 3 rings (SSSR count). The monoisotopic (exact) mass is 451 g/mol. The predicted octanol–water partition coefficient (Wildman–Crippen LogP) is 5.68. The lowest BCUT2D eigenvalue weighted by molar-refractivity contribution is -0.134. The zero-order valence-electron chi connectivity index (χ0n) is 20.1. The first kappa shape index (κ1) is 24.7. The van der Waals surface area contributed by atoms with E-state index in [1.165, 1.54) is 32.1 Å². The number of anilines is 2. The van der Waals surface area contributed by atoms with E-state index in [1.807, 2.05) is 31.2 Å². The number of aromatic nitrogens is 1. The van der Waals surface area contributed by atoms with Gasteiger partial charge in [-0.05, 0) is 54.5 Å². The summed E-state index contributed by atoms with van der Waals surface area (Å²) >= 11 is 0. The molecule has 1 aromatic carbocycles. The van der Waals surface area contributed by atoms with Gasteiger partial charge in [-0.2, -0.15) is 0 Å². The van der Waals surface area contributed by atoms with Gasteiger partial charge in [0.25, 0.3) is 6.47 Å². The summed E-state index contributed by atoms with van der Waals surface area (Å²) in [6, 6.07) is 10.3. The molecule has 1 unspecified atom stereocenters. The second-order valence-electron chi connectivity index (χ2n) is 9.33.